The van der Waals surface area contributed by atoms with Gasteiger partial charge in [-0.1, -0.05) is 42.8 Å². The van der Waals surface area contributed by atoms with Crippen LogP contribution in [0.5, 0.6) is 0 Å². The lowest BCUT2D eigenvalue weighted by molar-refractivity contribution is -0.384. The molecular weight excluding hydrogens is 438 g/mol. The van der Waals surface area contributed by atoms with Crippen LogP contribution in [-0.2, 0) is 0 Å². The summed E-state index contributed by atoms with van der Waals surface area (Å²) in [6, 6.07) is 18.9. The first-order valence-electron chi connectivity index (χ1n) is 10.8. The van der Waals surface area contributed by atoms with Crippen molar-refractivity contribution in [3.8, 4) is 0 Å². The van der Waals surface area contributed by atoms with Gasteiger partial charge < -0.3 is 10.2 Å². The normalized spacial score (nSPS) is 15.5. The Balaban J connectivity index is 1.50. The van der Waals surface area contributed by atoms with Crippen LogP contribution in [0.25, 0.3) is 0 Å². The third-order valence-electron chi connectivity index (χ3n) is 6.04. The van der Waals surface area contributed by atoms with E-state index in [1.165, 1.54) is 36.0 Å². The van der Waals surface area contributed by atoms with Gasteiger partial charge in [0.15, 0.2) is 0 Å². The average molecular weight is 460 g/mol. The molecule has 8 heteroatoms. The Morgan fingerprint density at radius 1 is 1.00 bits per heavy atom. The summed E-state index contributed by atoms with van der Waals surface area (Å²) in [5.41, 5.74) is 2.17. The minimum atomic E-state index is -0.526. The molecule has 7 nitrogen and oxygen atoms in total. The first-order valence-corrected chi connectivity index (χ1v) is 11.6. The number of nitrogens with one attached hydrogen (secondary N) is 1. The van der Waals surface area contributed by atoms with Crippen LogP contribution < -0.4 is 10.2 Å². The molecule has 2 amide bonds. The van der Waals surface area contributed by atoms with Crippen LogP contribution in [0.2, 0.25) is 0 Å². The summed E-state index contributed by atoms with van der Waals surface area (Å²) in [5, 5.41) is 13.9. The first-order chi connectivity index (χ1) is 16.0. The third kappa shape index (κ3) is 4.09. The summed E-state index contributed by atoms with van der Waals surface area (Å²) in [6.45, 7) is 0. The number of carbonyl (C=O) groups is 2. The Morgan fingerprint density at radius 3 is 2.58 bits per heavy atom. The number of fused-ring (bicyclic) bond motifs is 2. The van der Waals surface area contributed by atoms with Gasteiger partial charge in [0.05, 0.1) is 16.2 Å². The van der Waals surface area contributed by atoms with Crippen LogP contribution in [-0.4, -0.2) is 22.8 Å². The zero-order valence-electron chi connectivity index (χ0n) is 17.7. The van der Waals surface area contributed by atoms with Crippen LogP contribution in [0.1, 0.15) is 46.4 Å². The van der Waals surface area contributed by atoms with E-state index in [4.69, 9.17) is 0 Å². The van der Waals surface area contributed by atoms with Crippen molar-refractivity contribution < 1.29 is 14.5 Å². The van der Waals surface area contributed by atoms with Crippen LogP contribution in [0.3, 0.4) is 0 Å². The van der Waals surface area contributed by atoms with E-state index in [2.05, 4.69) is 5.32 Å². The molecule has 0 saturated heterocycles. The maximum Gasteiger partial charge on any atom is 0.270 e. The molecule has 2 aliphatic rings. The smallest absolute Gasteiger partial charge is 0.270 e. The number of non-ortho nitro benzene ring substituents is 1. The molecule has 1 aliphatic heterocycles. The van der Waals surface area contributed by atoms with Crippen molar-refractivity contribution in [1.29, 1.82) is 0 Å². The first kappa shape index (κ1) is 21.2. The van der Waals surface area contributed by atoms with Gasteiger partial charge in [-0.25, -0.2) is 0 Å². The monoisotopic (exact) mass is 459 g/mol. The van der Waals surface area contributed by atoms with E-state index in [1.54, 1.807) is 6.07 Å². The molecule has 0 bridgehead atoms. The summed E-state index contributed by atoms with van der Waals surface area (Å²) in [5.74, 6) is -0.418. The van der Waals surface area contributed by atoms with Gasteiger partial charge in [0.25, 0.3) is 17.5 Å². The number of rotatable bonds is 4. The van der Waals surface area contributed by atoms with Crippen LogP contribution in [0.4, 0.5) is 17.1 Å². The second-order valence-electron chi connectivity index (χ2n) is 8.16. The minimum absolute atomic E-state index is 0.0112. The largest absolute Gasteiger partial charge is 0.322 e. The Hall–Kier alpha value is -3.65. The van der Waals surface area contributed by atoms with Crippen molar-refractivity contribution in [1.82, 2.24) is 0 Å². The molecule has 0 atom stereocenters. The maximum atomic E-state index is 13.5. The molecule has 3 aromatic rings. The maximum absolute atomic E-state index is 13.5. The Kier molecular flexibility index (Phi) is 5.60. The third-order valence-corrected chi connectivity index (χ3v) is 7.17. The van der Waals surface area contributed by atoms with Crippen molar-refractivity contribution in [2.45, 2.75) is 41.5 Å². The number of hydrogen-bond donors (Lipinski definition) is 1. The predicted octanol–water partition coefficient (Wildman–Crippen LogP) is 5.90. The molecule has 33 heavy (non-hydrogen) atoms. The molecule has 1 heterocycles. The quantitative estimate of drug-likeness (QED) is 0.387. The summed E-state index contributed by atoms with van der Waals surface area (Å²) >= 11 is 1.51. The highest BCUT2D eigenvalue weighted by Gasteiger charge is 2.34. The summed E-state index contributed by atoms with van der Waals surface area (Å²) in [7, 11) is 0. The van der Waals surface area contributed by atoms with E-state index >= 15 is 0 Å². The molecule has 3 aromatic carbocycles. The van der Waals surface area contributed by atoms with Gasteiger partial charge in [-0.15, -0.1) is 0 Å². The molecule has 166 valence electrons. The zero-order valence-corrected chi connectivity index (χ0v) is 18.5. The number of hydrogen-bond acceptors (Lipinski definition) is 5. The van der Waals surface area contributed by atoms with Crippen molar-refractivity contribution in [2.24, 2.45) is 0 Å². The highest BCUT2D eigenvalue weighted by Crippen LogP contribution is 2.44. The van der Waals surface area contributed by atoms with Crippen LogP contribution in [0, 0.1) is 10.1 Å². The highest BCUT2D eigenvalue weighted by atomic mass is 32.2. The molecular formula is C25H21N3O4S. The van der Waals surface area contributed by atoms with Gasteiger partial charge in [0.1, 0.15) is 0 Å². The summed E-state index contributed by atoms with van der Waals surface area (Å²) < 4.78 is 0. The number of nitro benzene ring substituents is 1. The molecule has 5 rings (SSSR count). The van der Waals surface area contributed by atoms with E-state index in [0.717, 1.165) is 41.2 Å². The van der Waals surface area contributed by atoms with Crippen molar-refractivity contribution in [3.05, 3.63) is 88.0 Å². The Morgan fingerprint density at radius 2 is 1.79 bits per heavy atom. The van der Waals surface area contributed by atoms with Gasteiger partial charge in [0.2, 0.25) is 0 Å². The molecule has 0 unspecified atom stereocenters. The fourth-order valence-electron chi connectivity index (χ4n) is 4.45. The molecule has 1 fully saturated rings. The van der Waals surface area contributed by atoms with Gasteiger partial charge in [-0.3, -0.25) is 19.7 Å². The molecule has 1 saturated carbocycles. The average Bonchev–Trinajstić information content (AvgIpc) is 3.31. The molecule has 0 aromatic heterocycles. The van der Waals surface area contributed by atoms with E-state index in [0.29, 0.717) is 11.3 Å². The van der Waals surface area contributed by atoms with Gasteiger partial charge in [0, 0.05) is 39.2 Å². The number of nitro groups is 1. The predicted molar refractivity (Wildman–Crippen MR) is 127 cm³/mol. The van der Waals surface area contributed by atoms with Crippen molar-refractivity contribution in [3.63, 3.8) is 0 Å². The Bertz CT molecular complexity index is 1270. The second-order valence-corrected chi connectivity index (χ2v) is 9.24. The number of benzene rings is 3. The number of nitrogens with zero attached hydrogens (tertiary/aromatic N) is 2. The van der Waals surface area contributed by atoms with Crippen molar-refractivity contribution >= 4 is 40.6 Å². The summed E-state index contributed by atoms with van der Waals surface area (Å²) in [6.07, 6.45) is 4.17. The standard InChI is InChI=1S/C25H21N3O4S/c29-24(16-6-5-9-19(14-16)28(31)32)26-17-12-13-21-23(15-17)33-22-11-4-3-10-20(22)25(30)27(21)18-7-1-2-8-18/h3-6,9-15,18H,1-2,7-8H2,(H,26,29). The lowest BCUT2D eigenvalue weighted by Gasteiger charge is -2.29. The lowest BCUT2D eigenvalue weighted by atomic mass is 10.1. The zero-order chi connectivity index (χ0) is 22.9. The fourth-order valence-corrected chi connectivity index (χ4v) is 5.56. The minimum Gasteiger partial charge on any atom is -0.322 e. The fraction of sp³-hybridized carbons (Fsp3) is 0.200. The molecule has 0 radical (unpaired) electrons. The second kappa shape index (κ2) is 8.71. The molecule has 0 spiro atoms. The van der Waals surface area contributed by atoms with Crippen LogP contribution >= 0.6 is 11.8 Å². The number of amides is 2. The molecule has 1 N–H and O–H groups in total. The van der Waals surface area contributed by atoms with Gasteiger partial charge >= 0.3 is 0 Å². The van der Waals surface area contributed by atoms with E-state index in [1.807, 2.05) is 41.3 Å². The Labute approximate surface area is 194 Å². The molecule has 1 aliphatic carbocycles. The lowest BCUT2D eigenvalue weighted by Crippen LogP contribution is -2.39. The van der Waals surface area contributed by atoms with E-state index in [9.17, 15) is 19.7 Å². The van der Waals surface area contributed by atoms with E-state index < -0.39 is 10.8 Å². The van der Waals surface area contributed by atoms with Gasteiger partial charge in [-0.05, 0) is 49.2 Å². The van der Waals surface area contributed by atoms with Crippen molar-refractivity contribution in [2.75, 3.05) is 10.2 Å². The number of carbonyl (C=O) groups excluding carboxylic acids is 2. The van der Waals surface area contributed by atoms with Crippen LogP contribution in [0.15, 0.2) is 76.5 Å². The van der Waals surface area contributed by atoms with E-state index in [-0.39, 0.29) is 23.2 Å². The SMILES string of the molecule is O=C(Nc1ccc2c(c1)Sc1ccccc1C(=O)N2C1CCCC1)c1cccc([N+](=O)[O-])c1. The van der Waals surface area contributed by atoms with Gasteiger partial charge in [-0.2, -0.15) is 0 Å². The summed E-state index contributed by atoms with van der Waals surface area (Å²) in [4.78, 5) is 40.5. The number of anilines is 2. The topological polar surface area (TPSA) is 92.6 Å². The highest BCUT2D eigenvalue weighted by molar-refractivity contribution is 7.99.